The van der Waals surface area contributed by atoms with E-state index in [9.17, 15) is 9.18 Å². The van der Waals surface area contributed by atoms with Crippen LogP contribution in [0.4, 0.5) is 4.39 Å². The van der Waals surface area contributed by atoms with Crippen molar-refractivity contribution in [2.24, 2.45) is 0 Å². The van der Waals surface area contributed by atoms with Crippen LogP contribution >= 0.6 is 0 Å². The number of hydrogen-bond donors (Lipinski definition) is 1. The van der Waals surface area contributed by atoms with E-state index in [-0.39, 0.29) is 12.0 Å². The lowest BCUT2D eigenvalue weighted by Gasteiger charge is -2.33. The minimum absolute atomic E-state index is 0.0684. The molecule has 126 valence electrons. The van der Waals surface area contributed by atoms with E-state index in [4.69, 9.17) is 4.74 Å². The van der Waals surface area contributed by atoms with Crippen molar-refractivity contribution in [2.45, 2.75) is 6.10 Å². The van der Waals surface area contributed by atoms with Gasteiger partial charge < -0.3 is 10.1 Å². The summed E-state index contributed by atoms with van der Waals surface area (Å²) in [5, 5.41) is 2.84. The van der Waals surface area contributed by atoms with Crippen LogP contribution in [-0.4, -0.2) is 43.6 Å². The van der Waals surface area contributed by atoms with Crippen LogP contribution in [-0.2, 0) is 4.74 Å². The molecule has 1 aliphatic rings. The number of nitrogens with zero attached hydrogens (tertiary/aromatic N) is 1. The number of carbonyl (C=O) groups excluding carboxylic acids is 1. The minimum Gasteiger partial charge on any atom is -0.371 e. The van der Waals surface area contributed by atoms with E-state index in [1.165, 1.54) is 23.8 Å². The van der Waals surface area contributed by atoms with Gasteiger partial charge in [-0.2, -0.15) is 0 Å². The Bertz CT molecular complexity index is 678. The summed E-state index contributed by atoms with van der Waals surface area (Å²) in [5.41, 5.74) is 1.52. The first-order valence-corrected chi connectivity index (χ1v) is 8.15. The highest BCUT2D eigenvalue weighted by Crippen LogP contribution is 2.21. The van der Waals surface area contributed by atoms with Crippen molar-refractivity contribution < 1.29 is 13.9 Å². The van der Waals surface area contributed by atoms with E-state index >= 15 is 0 Å². The minimum atomic E-state index is -0.401. The Balaban J connectivity index is 1.47. The summed E-state index contributed by atoms with van der Waals surface area (Å²) < 4.78 is 19.0. The topological polar surface area (TPSA) is 41.6 Å². The van der Waals surface area contributed by atoms with Gasteiger partial charge in [-0.1, -0.05) is 36.4 Å². The van der Waals surface area contributed by atoms with Gasteiger partial charge in [0.1, 0.15) is 5.82 Å². The molecule has 1 heterocycles. The summed E-state index contributed by atoms with van der Waals surface area (Å²) >= 11 is 0. The molecule has 4 nitrogen and oxygen atoms in total. The van der Waals surface area contributed by atoms with Crippen LogP contribution in [0.5, 0.6) is 0 Å². The molecule has 1 fully saturated rings. The Morgan fingerprint density at radius 2 is 2.04 bits per heavy atom. The van der Waals surface area contributed by atoms with Gasteiger partial charge in [0.05, 0.1) is 12.7 Å². The molecule has 2 aromatic rings. The number of hydrogen-bond acceptors (Lipinski definition) is 3. The molecule has 1 atom stereocenters. The first-order valence-electron chi connectivity index (χ1n) is 8.15. The van der Waals surface area contributed by atoms with Gasteiger partial charge in [0, 0.05) is 31.7 Å². The van der Waals surface area contributed by atoms with Gasteiger partial charge >= 0.3 is 0 Å². The smallest absolute Gasteiger partial charge is 0.251 e. The van der Waals surface area contributed by atoms with E-state index in [2.05, 4.69) is 22.3 Å². The van der Waals surface area contributed by atoms with E-state index < -0.39 is 5.82 Å². The van der Waals surface area contributed by atoms with E-state index in [0.717, 1.165) is 19.6 Å². The second-order valence-corrected chi connectivity index (χ2v) is 5.84. The SMILES string of the molecule is O=C(NCCN1CCO[C@H](c2ccccc2)C1)c1cccc(F)c1. The molecule has 0 unspecified atom stereocenters. The lowest BCUT2D eigenvalue weighted by molar-refractivity contribution is -0.0293. The van der Waals surface area contributed by atoms with Crippen LogP contribution in [0.3, 0.4) is 0 Å². The van der Waals surface area contributed by atoms with Crippen molar-refractivity contribution >= 4 is 5.91 Å². The molecule has 1 amide bonds. The highest BCUT2D eigenvalue weighted by atomic mass is 19.1. The fourth-order valence-electron chi connectivity index (χ4n) is 2.83. The average molecular weight is 328 g/mol. The zero-order valence-corrected chi connectivity index (χ0v) is 13.5. The summed E-state index contributed by atoms with van der Waals surface area (Å²) in [5.74, 6) is -0.649. The number of nitrogens with one attached hydrogen (secondary N) is 1. The summed E-state index contributed by atoms with van der Waals surface area (Å²) in [6.07, 6.45) is 0.0684. The first-order chi connectivity index (χ1) is 11.7. The summed E-state index contributed by atoms with van der Waals surface area (Å²) in [7, 11) is 0. The second-order valence-electron chi connectivity index (χ2n) is 5.84. The van der Waals surface area contributed by atoms with Crippen LogP contribution in [0.2, 0.25) is 0 Å². The predicted molar refractivity (Wildman–Crippen MR) is 90.3 cm³/mol. The Morgan fingerprint density at radius 3 is 2.83 bits per heavy atom. The highest BCUT2D eigenvalue weighted by molar-refractivity contribution is 5.94. The number of ether oxygens (including phenoxy) is 1. The highest BCUT2D eigenvalue weighted by Gasteiger charge is 2.21. The van der Waals surface area contributed by atoms with Gasteiger partial charge in [-0.25, -0.2) is 4.39 Å². The van der Waals surface area contributed by atoms with Crippen molar-refractivity contribution in [3.05, 3.63) is 71.5 Å². The van der Waals surface area contributed by atoms with Gasteiger partial charge in [0.25, 0.3) is 5.91 Å². The van der Waals surface area contributed by atoms with Crippen molar-refractivity contribution in [3.8, 4) is 0 Å². The Hall–Kier alpha value is -2.24. The van der Waals surface area contributed by atoms with Crippen molar-refractivity contribution in [2.75, 3.05) is 32.8 Å². The molecule has 0 aliphatic carbocycles. The average Bonchev–Trinajstić information content (AvgIpc) is 2.63. The molecule has 0 aromatic heterocycles. The molecular formula is C19H21FN2O2. The molecular weight excluding hydrogens is 307 g/mol. The van der Waals surface area contributed by atoms with Gasteiger partial charge in [0.15, 0.2) is 0 Å². The monoisotopic (exact) mass is 328 g/mol. The standard InChI is InChI=1S/C19H21FN2O2/c20-17-8-4-7-16(13-17)19(23)21-9-10-22-11-12-24-18(14-22)15-5-2-1-3-6-15/h1-8,13,18H,9-12,14H2,(H,21,23)/t18-/m0/s1. The van der Waals surface area contributed by atoms with Gasteiger partial charge in [-0.15, -0.1) is 0 Å². The van der Waals surface area contributed by atoms with Crippen molar-refractivity contribution in [1.29, 1.82) is 0 Å². The molecule has 1 N–H and O–H groups in total. The van der Waals surface area contributed by atoms with Gasteiger partial charge in [0.2, 0.25) is 0 Å². The largest absolute Gasteiger partial charge is 0.371 e. The van der Waals surface area contributed by atoms with E-state index in [0.29, 0.717) is 18.7 Å². The lowest BCUT2D eigenvalue weighted by Crippen LogP contribution is -2.42. The lowest BCUT2D eigenvalue weighted by atomic mass is 10.1. The fraction of sp³-hybridized carbons (Fsp3) is 0.316. The molecule has 0 spiro atoms. The first kappa shape index (κ1) is 16.6. The maximum absolute atomic E-state index is 13.1. The number of benzene rings is 2. The van der Waals surface area contributed by atoms with Crippen LogP contribution in [0.1, 0.15) is 22.0 Å². The van der Waals surface area contributed by atoms with Gasteiger partial charge in [-0.3, -0.25) is 9.69 Å². The molecule has 24 heavy (non-hydrogen) atoms. The summed E-state index contributed by atoms with van der Waals surface area (Å²) in [6, 6.07) is 15.9. The fourth-order valence-corrected chi connectivity index (χ4v) is 2.83. The molecule has 2 aromatic carbocycles. The molecule has 0 saturated carbocycles. The van der Waals surface area contributed by atoms with Crippen LogP contribution in [0.15, 0.2) is 54.6 Å². The van der Waals surface area contributed by atoms with Crippen LogP contribution in [0, 0.1) is 5.82 Å². The van der Waals surface area contributed by atoms with Gasteiger partial charge in [-0.05, 0) is 23.8 Å². The number of halogens is 1. The third-order valence-electron chi connectivity index (χ3n) is 4.12. The maximum Gasteiger partial charge on any atom is 0.251 e. The predicted octanol–water partition coefficient (Wildman–Crippen LogP) is 2.63. The van der Waals surface area contributed by atoms with E-state index in [1.54, 1.807) is 6.07 Å². The molecule has 1 aliphatic heterocycles. The Morgan fingerprint density at radius 1 is 1.21 bits per heavy atom. The number of morpholine rings is 1. The molecule has 1 saturated heterocycles. The summed E-state index contributed by atoms with van der Waals surface area (Å²) in [6.45, 7) is 3.60. The van der Waals surface area contributed by atoms with Crippen LogP contribution in [0.25, 0.3) is 0 Å². The normalized spacial score (nSPS) is 18.3. The number of carbonyl (C=O) groups is 1. The number of rotatable bonds is 5. The summed E-state index contributed by atoms with van der Waals surface area (Å²) in [4.78, 5) is 14.3. The quantitative estimate of drug-likeness (QED) is 0.917. The molecule has 0 bridgehead atoms. The Labute approximate surface area is 141 Å². The zero-order chi connectivity index (χ0) is 16.8. The molecule has 5 heteroatoms. The third-order valence-corrected chi connectivity index (χ3v) is 4.12. The maximum atomic E-state index is 13.1. The second kappa shape index (κ2) is 8.04. The van der Waals surface area contributed by atoms with Crippen molar-refractivity contribution in [3.63, 3.8) is 0 Å². The molecule has 3 rings (SSSR count). The third kappa shape index (κ3) is 4.40. The molecule has 0 radical (unpaired) electrons. The Kier molecular flexibility index (Phi) is 5.56. The van der Waals surface area contributed by atoms with Crippen molar-refractivity contribution in [1.82, 2.24) is 10.2 Å². The van der Waals surface area contributed by atoms with Crippen LogP contribution < -0.4 is 5.32 Å². The number of amides is 1. The van der Waals surface area contributed by atoms with E-state index in [1.807, 2.05) is 18.2 Å². The zero-order valence-electron chi connectivity index (χ0n) is 13.5.